The van der Waals surface area contributed by atoms with Crippen molar-refractivity contribution in [1.29, 1.82) is 0 Å². The number of halogens is 2. The minimum atomic E-state index is -0.263. The van der Waals surface area contributed by atoms with E-state index in [9.17, 15) is 4.39 Å². The highest BCUT2D eigenvalue weighted by molar-refractivity contribution is 9.10. The maximum absolute atomic E-state index is 12.8. The Labute approximate surface area is 98.0 Å². The van der Waals surface area contributed by atoms with Crippen molar-refractivity contribution in [3.8, 4) is 12.3 Å². The maximum Gasteiger partial charge on any atom is 0.124 e. The zero-order valence-electron chi connectivity index (χ0n) is 8.34. The van der Waals surface area contributed by atoms with Crippen molar-refractivity contribution in [3.63, 3.8) is 0 Å². The summed E-state index contributed by atoms with van der Waals surface area (Å²) in [7, 11) is 0. The Kier molecular flexibility index (Phi) is 4.80. The van der Waals surface area contributed by atoms with Gasteiger partial charge in [0.05, 0.1) is 0 Å². The monoisotopic (exact) mass is 269 g/mol. The van der Waals surface area contributed by atoms with Crippen molar-refractivity contribution in [1.82, 2.24) is 0 Å². The summed E-state index contributed by atoms with van der Waals surface area (Å²) in [5.41, 5.74) is 6.89. The van der Waals surface area contributed by atoms with Crippen LogP contribution in [0.1, 0.15) is 30.9 Å². The van der Waals surface area contributed by atoms with Crippen LogP contribution in [0, 0.1) is 18.2 Å². The normalized spacial score (nSPS) is 12.1. The number of unbranched alkanes of at least 4 members (excludes halogenated alkanes) is 1. The molecule has 1 atom stereocenters. The first-order valence-electron chi connectivity index (χ1n) is 4.79. The fourth-order valence-corrected chi connectivity index (χ4v) is 2.03. The molecule has 15 heavy (non-hydrogen) atoms. The summed E-state index contributed by atoms with van der Waals surface area (Å²) in [6.45, 7) is 0. The maximum atomic E-state index is 12.8. The molecule has 0 radical (unpaired) electrons. The van der Waals surface area contributed by atoms with E-state index >= 15 is 0 Å². The van der Waals surface area contributed by atoms with Crippen LogP contribution in [0.3, 0.4) is 0 Å². The number of terminal acetylenes is 1. The SMILES string of the molecule is C#CCCCC(N)c1ccc(F)cc1Br. The molecule has 3 heteroatoms. The lowest BCUT2D eigenvalue weighted by Crippen LogP contribution is -2.10. The van der Waals surface area contributed by atoms with Crippen LogP contribution >= 0.6 is 15.9 Å². The zero-order valence-corrected chi connectivity index (χ0v) is 9.93. The van der Waals surface area contributed by atoms with Crippen LogP contribution in [0.15, 0.2) is 22.7 Å². The molecule has 0 amide bonds. The molecule has 0 aliphatic heterocycles. The summed E-state index contributed by atoms with van der Waals surface area (Å²) >= 11 is 3.30. The molecule has 0 fully saturated rings. The Hall–Kier alpha value is -0.850. The van der Waals surface area contributed by atoms with Crippen molar-refractivity contribution in [2.24, 2.45) is 5.73 Å². The highest BCUT2D eigenvalue weighted by atomic mass is 79.9. The van der Waals surface area contributed by atoms with Crippen molar-refractivity contribution in [3.05, 3.63) is 34.1 Å². The Morgan fingerprint density at radius 3 is 2.87 bits per heavy atom. The van der Waals surface area contributed by atoms with Crippen LogP contribution in [0.25, 0.3) is 0 Å². The van der Waals surface area contributed by atoms with Gasteiger partial charge < -0.3 is 5.73 Å². The molecule has 80 valence electrons. The third-order valence-corrected chi connectivity index (χ3v) is 2.88. The highest BCUT2D eigenvalue weighted by Crippen LogP contribution is 2.25. The van der Waals surface area contributed by atoms with E-state index in [-0.39, 0.29) is 11.9 Å². The second-order valence-corrected chi connectivity index (χ2v) is 4.22. The Morgan fingerprint density at radius 1 is 1.53 bits per heavy atom. The van der Waals surface area contributed by atoms with Crippen LogP contribution in [-0.2, 0) is 0 Å². The predicted molar refractivity (Wildman–Crippen MR) is 63.7 cm³/mol. The molecule has 1 aromatic rings. The molecule has 1 nitrogen and oxygen atoms in total. The molecule has 0 aromatic heterocycles. The largest absolute Gasteiger partial charge is 0.324 e. The summed E-state index contributed by atoms with van der Waals surface area (Å²) in [5.74, 6) is 2.31. The summed E-state index contributed by atoms with van der Waals surface area (Å²) in [4.78, 5) is 0. The first-order valence-corrected chi connectivity index (χ1v) is 5.58. The van der Waals surface area contributed by atoms with Crippen LogP contribution < -0.4 is 5.73 Å². The van der Waals surface area contributed by atoms with Crippen LogP contribution in [-0.4, -0.2) is 0 Å². The summed E-state index contributed by atoms with van der Waals surface area (Å²) in [6.07, 6.45) is 7.59. The number of nitrogens with two attached hydrogens (primary N) is 1. The lowest BCUT2D eigenvalue weighted by Gasteiger charge is -2.13. The van der Waals surface area contributed by atoms with Gasteiger partial charge in [-0.1, -0.05) is 22.0 Å². The smallest absolute Gasteiger partial charge is 0.124 e. The molecule has 0 heterocycles. The molecule has 0 aliphatic carbocycles. The summed E-state index contributed by atoms with van der Waals surface area (Å²) < 4.78 is 13.5. The standard InChI is InChI=1S/C12H13BrFN/c1-2-3-4-5-12(15)10-7-6-9(14)8-11(10)13/h1,6-8,12H,3-5,15H2. The van der Waals surface area contributed by atoms with Crippen LogP contribution in [0.5, 0.6) is 0 Å². The Balaban J connectivity index is 2.66. The van der Waals surface area contributed by atoms with E-state index in [0.29, 0.717) is 0 Å². The minimum Gasteiger partial charge on any atom is -0.324 e. The first kappa shape index (κ1) is 12.2. The van der Waals surface area contributed by atoms with Crippen molar-refractivity contribution < 1.29 is 4.39 Å². The van der Waals surface area contributed by atoms with Gasteiger partial charge in [-0.15, -0.1) is 12.3 Å². The van der Waals surface area contributed by atoms with Gasteiger partial charge in [-0.25, -0.2) is 4.39 Å². The average Bonchev–Trinajstić information content (AvgIpc) is 2.17. The summed E-state index contributed by atoms with van der Waals surface area (Å²) in [5, 5.41) is 0. The second-order valence-electron chi connectivity index (χ2n) is 3.37. The molecule has 0 bridgehead atoms. The van der Waals surface area contributed by atoms with Gasteiger partial charge in [0, 0.05) is 16.9 Å². The van der Waals surface area contributed by atoms with E-state index in [1.54, 1.807) is 6.07 Å². The molecule has 1 unspecified atom stereocenters. The van der Waals surface area contributed by atoms with Gasteiger partial charge in [-0.2, -0.15) is 0 Å². The third-order valence-electron chi connectivity index (χ3n) is 2.20. The molecule has 0 saturated carbocycles. The molecule has 0 spiro atoms. The lowest BCUT2D eigenvalue weighted by molar-refractivity contribution is 0.606. The van der Waals surface area contributed by atoms with E-state index in [1.807, 2.05) is 0 Å². The van der Waals surface area contributed by atoms with E-state index in [2.05, 4.69) is 21.9 Å². The lowest BCUT2D eigenvalue weighted by atomic mass is 10.0. The van der Waals surface area contributed by atoms with Gasteiger partial charge in [-0.3, -0.25) is 0 Å². The molecule has 1 rings (SSSR count). The van der Waals surface area contributed by atoms with Gasteiger partial charge in [-0.05, 0) is 30.5 Å². The van der Waals surface area contributed by atoms with E-state index in [0.717, 1.165) is 29.3 Å². The predicted octanol–water partition coefficient (Wildman–Crippen LogP) is 3.39. The van der Waals surface area contributed by atoms with Crippen molar-refractivity contribution in [2.45, 2.75) is 25.3 Å². The Morgan fingerprint density at radius 2 is 2.27 bits per heavy atom. The van der Waals surface area contributed by atoms with E-state index < -0.39 is 0 Å². The molecular formula is C12H13BrFN. The second kappa shape index (κ2) is 5.89. The number of rotatable bonds is 4. The topological polar surface area (TPSA) is 26.0 Å². The van der Waals surface area contributed by atoms with Gasteiger partial charge in [0.2, 0.25) is 0 Å². The van der Waals surface area contributed by atoms with Gasteiger partial charge in [0.1, 0.15) is 5.82 Å². The molecular weight excluding hydrogens is 257 g/mol. The fraction of sp³-hybridized carbons (Fsp3) is 0.333. The fourth-order valence-electron chi connectivity index (χ4n) is 1.38. The van der Waals surface area contributed by atoms with E-state index in [4.69, 9.17) is 12.2 Å². The van der Waals surface area contributed by atoms with Crippen molar-refractivity contribution >= 4 is 15.9 Å². The van der Waals surface area contributed by atoms with Gasteiger partial charge in [0.25, 0.3) is 0 Å². The Bertz CT molecular complexity index is 370. The van der Waals surface area contributed by atoms with Gasteiger partial charge >= 0.3 is 0 Å². The summed E-state index contributed by atoms with van der Waals surface area (Å²) in [6, 6.07) is 4.46. The molecule has 0 aliphatic rings. The highest BCUT2D eigenvalue weighted by Gasteiger charge is 2.09. The van der Waals surface area contributed by atoms with Crippen LogP contribution in [0.4, 0.5) is 4.39 Å². The minimum absolute atomic E-state index is 0.0895. The number of hydrogen-bond acceptors (Lipinski definition) is 1. The number of hydrogen-bond donors (Lipinski definition) is 1. The van der Waals surface area contributed by atoms with E-state index in [1.165, 1.54) is 12.1 Å². The van der Waals surface area contributed by atoms with Gasteiger partial charge in [0.15, 0.2) is 0 Å². The average molecular weight is 270 g/mol. The molecule has 1 aromatic carbocycles. The van der Waals surface area contributed by atoms with Crippen molar-refractivity contribution in [2.75, 3.05) is 0 Å². The molecule has 0 saturated heterocycles. The molecule has 2 N–H and O–H groups in total. The third kappa shape index (κ3) is 3.65. The van der Waals surface area contributed by atoms with Crippen LogP contribution in [0.2, 0.25) is 0 Å². The zero-order chi connectivity index (χ0) is 11.3. The number of benzene rings is 1. The first-order chi connectivity index (χ1) is 7.15. The quantitative estimate of drug-likeness (QED) is 0.658.